The summed E-state index contributed by atoms with van der Waals surface area (Å²) in [6.07, 6.45) is -1.24. The number of anilines is 1. The Labute approximate surface area is 71.4 Å². The Morgan fingerprint density at radius 3 is 2.77 bits per heavy atom. The Kier molecular flexibility index (Phi) is 2.68. The lowest BCUT2D eigenvalue weighted by atomic mass is 10.5. The average molecular weight is 189 g/mol. The van der Waals surface area contributed by atoms with E-state index < -0.39 is 24.5 Å². The van der Waals surface area contributed by atoms with Gasteiger partial charge in [0, 0.05) is 6.07 Å². The first-order valence-corrected chi connectivity index (χ1v) is 3.23. The molecule has 0 radical (unpaired) electrons. The monoisotopic (exact) mass is 189 g/mol. The van der Waals surface area contributed by atoms with Crippen LogP contribution in [0.1, 0.15) is 0 Å². The minimum absolute atomic E-state index is 0.201. The number of rotatable bonds is 3. The molecule has 0 bridgehead atoms. The number of hydrogen-bond donors (Lipinski definition) is 2. The molecule has 13 heavy (non-hydrogen) atoms. The van der Waals surface area contributed by atoms with E-state index in [2.05, 4.69) is 15.3 Å². The van der Waals surface area contributed by atoms with Crippen molar-refractivity contribution < 1.29 is 18.7 Å². The Hall–Kier alpha value is -1.79. The highest BCUT2D eigenvalue weighted by Crippen LogP contribution is 2.03. The summed E-state index contributed by atoms with van der Waals surface area (Å²) in [5.74, 6) is -2.41. The van der Waals surface area contributed by atoms with Crippen LogP contribution in [0.15, 0.2) is 6.07 Å². The van der Waals surface area contributed by atoms with Gasteiger partial charge in [-0.2, -0.15) is 18.7 Å². The van der Waals surface area contributed by atoms with Gasteiger partial charge in [-0.05, 0) is 0 Å². The highest BCUT2D eigenvalue weighted by Gasteiger charge is 2.04. The van der Waals surface area contributed by atoms with Gasteiger partial charge in [0.25, 0.3) is 0 Å². The fourth-order valence-electron chi connectivity index (χ4n) is 0.647. The van der Waals surface area contributed by atoms with Crippen LogP contribution < -0.4 is 5.32 Å². The minimum Gasteiger partial charge on any atom is -0.480 e. The van der Waals surface area contributed by atoms with Crippen LogP contribution in [0, 0.1) is 12.0 Å². The summed E-state index contributed by atoms with van der Waals surface area (Å²) in [6.45, 7) is -0.462. The smallest absolute Gasteiger partial charge is 0.322 e. The van der Waals surface area contributed by atoms with Gasteiger partial charge < -0.3 is 10.4 Å². The van der Waals surface area contributed by atoms with Gasteiger partial charge in [0.1, 0.15) is 12.4 Å². The average Bonchev–Trinajstić information content (AvgIpc) is 1.99. The summed E-state index contributed by atoms with van der Waals surface area (Å²) in [7, 11) is 0. The molecule has 0 aliphatic rings. The van der Waals surface area contributed by atoms with Crippen molar-refractivity contribution in [1.82, 2.24) is 9.97 Å². The van der Waals surface area contributed by atoms with Gasteiger partial charge in [0.15, 0.2) is 0 Å². The maximum absolute atomic E-state index is 12.4. The predicted octanol–water partition coefficient (Wildman–Crippen LogP) is 0.251. The first-order chi connectivity index (χ1) is 6.08. The Balaban J connectivity index is 2.71. The first kappa shape index (κ1) is 9.30. The molecule has 0 fully saturated rings. The molecule has 0 atom stereocenters. The molecule has 0 amide bonds. The standard InChI is InChI=1S/C6H5F2N3O2/c7-3-1-4(9-2-5(12)13)11-6(8)10-3/h1H,2H2,(H,12,13)(H,9,10,11). The second-order valence-electron chi connectivity index (χ2n) is 2.09. The van der Waals surface area contributed by atoms with Crippen molar-refractivity contribution in [2.45, 2.75) is 0 Å². The molecule has 2 N–H and O–H groups in total. The van der Waals surface area contributed by atoms with Crippen LogP contribution in [0.4, 0.5) is 14.6 Å². The van der Waals surface area contributed by atoms with Gasteiger partial charge in [-0.15, -0.1) is 0 Å². The summed E-state index contributed by atoms with van der Waals surface area (Å²) in [5.41, 5.74) is 0. The van der Waals surface area contributed by atoms with Crippen LogP contribution in [-0.2, 0) is 4.79 Å². The topological polar surface area (TPSA) is 75.1 Å². The van der Waals surface area contributed by atoms with E-state index in [0.717, 1.165) is 6.07 Å². The second kappa shape index (κ2) is 3.74. The van der Waals surface area contributed by atoms with Gasteiger partial charge >= 0.3 is 12.0 Å². The lowest BCUT2D eigenvalue weighted by Crippen LogP contribution is -2.14. The zero-order valence-corrected chi connectivity index (χ0v) is 6.29. The fraction of sp³-hybridized carbons (Fsp3) is 0.167. The second-order valence-corrected chi connectivity index (χ2v) is 2.09. The van der Waals surface area contributed by atoms with Crippen molar-refractivity contribution in [2.75, 3.05) is 11.9 Å². The normalized spacial score (nSPS) is 9.69. The lowest BCUT2D eigenvalue weighted by Gasteiger charge is -2.00. The van der Waals surface area contributed by atoms with Crippen molar-refractivity contribution in [3.05, 3.63) is 18.1 Å². The molecular weight excluding hydrogens is 184 g/mol. The van der Waals surface area contributed by atoms with Crippen LogP contribution in [0.2, 0.25) is 0 Å². The number of nitrogens with zero attached hydrogens (tertiary/aromatic N) is 2. The molecule has 7 heteroatoms. The summed E-state index contributed by atoms with van der Waals surface area (Å²) in [5, 5.41) is 10.4. The van der Waals surface area contributed by atoms with Crippen molar-refractivity contribution >= 4 is 11.8 Å². The molecule has 1 heterocycles. The summed E-state index contributed by atoms with van der Waals surface area (Å²) < 4.78 is 24.7. The molecule has 0 aliphatic heterocycles. The number of carbonyl (C=O) groups is 1. The largest absolute Gasteiger partial charge is 0.480 e. The predicted molar refractivity (Wildman–Crippen MR) is 38.1 cm³/mol. The number of carboxylic acids is 1. The molecule has 0 aliphatic carbocycles. The van der Waals surface area contributed by atoms with E-state index in [0.29, 0.717) is 0 Å². The zero-order chi connectivity index (χ0) is 9.84. The molecule has 70 valence electrons. The molecule has 1 aromatic heterocycles. The number of hydrogen-bond acceptors (Lipinski definition) is 4. The minimum atomic E-state index is -1.24. The number of aromatic nitrogens is 2. The van der Waals surface area contributed by atoms with Gasteiger partial charge in [-0.1, -0.05) is 0 Å². The van der Waals surface area contributed by atoms with Gasteiger partial charge in [0.2, 0.25) is 5.95 Å². The highest BCUT2D eigenvalue weighted by atomic mass is 19.1. The molecule has 0 spiro atoms. The number of carboxylic acid groups (broad SMARTS) is 1. The van der Waals surface area contributed by atoms with E-state index in [1.807, 2.05) is 0 Å². The highest BCUT2D eigenvalue weighted by molar-refractivity contribution is 5.72. The first-order valence-electron chi connectivity index (χ1n) is 3.23. The number of nitrogens with one attached hydrogen (secondary N) is 1. The van der Waals surface area contributed by atoms with Gasteiger partial charge in [-0.25, -0.2) is 0 Å². The van der Waals surface area contributed by atoms with Crippen LogP contribution in [0.5, 0.6) is 0 Å². The van der Waals surface area contributed by atoms with Gasteiger partial charge in [-0.3, -0.25) is 4.79 Å². The molecular formula is C6H5F2N3O2. The summed E-state index contributed by atoms with van der Waals surface area (Å²) >= 11 is 0. The third kappa shape index (κ3) is 2.97. The third-order valence-corrected chi connectivity index (χ3v) is 1.09. The zero-order valence-electron chi connectivity index (χ0n) is 6.29. The molecule has 0 aromatic carbocycles. The maximum Gasteiger partial charge on any atom is 0.322 e. The molecule has 0 saturated heterocycles. The van der Waals surface area contributed by atoms with E-state index in [9.17, 15) is 13.6 Å². The van der Waals surface area contributed by atoms with Crippen molar-refractivity contribution in [2.24, 2.45) is 0 Å². The number of halogens is 2. The molecule has 0 saturated carbocycles. The molecule has 1 aromatic rings. The van der Waals surface area contributed by atoms with E-state index in [-0.39, 0.29) is 5.82 Å². The van der Waals surface area contributed by atoms with E-state index in [1.165, 1.54) is 0 Å². The molecule has 1 rings (SSSR count). The van der Waals surface area contributed by atoms with Crippen molar-refractivity contribution in [1.29, 1.82) is 0 Å². The molecule has 0 unspecified atom stereocenters. The number of aliphatic carboxylic acids is 1. The van der Waals surface area contributed by atoms with Gasteiger partial charge in [0.05, 0.1) is 0 Å². The lowest BCUT2D eigenvalue weighted by molar-refractivity contribution is -0.134. The third-order valence-electron chi connectivity index (χ3n) is 1.09. The van der Waals surface area contributed by atoms with Crippen molar-refractivity contribution in [3.8, 4) is 0 Å². The maximum atomic E-state index is 12.4. The van der Waals surface area contributed by atoms with E-state index >= 15 is 0 Å². The van der Waals surface area contributed by atoms with E-state index in [1.54, 1.807) is 0 Å². The van der Waals surface area contributed by atoms with E-state index in [4.69, 9.17) is 5.11 Å². The Bertz CT molecular complexity index is 311. The fourth-order valence-corrected chi connectivity index (χ4v) is 0.647. The summed E-state index contributed by atoms with van der Waals surface area (Å²) in [6, 6.07) is 0.798. The summed E-state index contributed by atoms with van der Waals surface area (Å²) in [4.78, 5) is 15.9. The molecule has 5 nitrogen and oxygen atoms in total. The van der Waals surface area contributed by atoms with Crippen LogP contribution in [-0.4, -0.2) is 27.6 Å². The Morgan fingerprint density at radius 2 is 2.23 bits per heavy atom. The van der Waals surface area contributed by atoms with Crippen molar-refractivity contribution in [3.63, 3.8) is 0 Å². The SMILES string of the molecule is O=C(O)CNc1cc(F)nc(F)n1. The Morgan fingerprint density at radius 1 is 1.54 bits per heavy atom. The van der Waals surface area contributed by atoms with Crippen LogP contribution in [0.3, 0.4) is 0 Å². The van der Waals surface area contributed by atoms with Crippen LogP contribution in [0.25, 0.3) is 0 Å². The van der Waals surface area contributed by atoms with Crippen LogP contribution >= 0.6 is 0 Å². The quantitative estimate of drug-likeness (QED) is 0.526.